The van der Waals surface area contributed by atoms with Crippen molar-refractivity contribution in [3.63, 3.8) is 0 Å². The molecule has 0 spiro atoms. The van der Waals surface area contributed by atoms with E-state index in [1.807, 2.05) is 0 Å². The number of halogens is 4. The molecule has 0 saturated carbocycles. The zero-order valence-electron chi connectivity index (χ0n) is 9.57. The van der Waals surface area contributed by atoms with Gasteiger partial charge >= 0.3 is 6.18 Å². The van der Waals surface area contributed by atoms with Gasteiger partial charge in [-0.05, 0) is 40.5 Å². The first-order valence-corrected chi connectivity index (χ1v) is 5.90. The highest BCUT2D eigenvalue weighted by Crippen LogP contribution is 2.28. The molecule has 0 fully saturated rings. The number of anilines is 2. The van der Waals surface area contributed by atoms with E-state index in [2.05, 4.69) is 21.2 Å². The van der Waals surface area contributed by atoms with E-state index in [-0.39, 0.29) is 0 Å². The van der Waals surface area contributed by atoms with Crippen LogP contribution < -0.4 is 11.1 Å². The molecule has 0 aliphatic heterocycles. The molecule has 0 aliphatic carbocycles. The van der Waals surface area contributed by atoms with Crippen LogP contribution in [0.5, 0.6) is 0 Å². The molecule has 3 nitrogen and oxygen atoms in total. The van der Waals surface area contributed by atoms with E-state index in [1.54, 1.807) is 13.0 Å². The SMILES string of the molecule is Cc1cc(Br)c(NC(=O)CCC(F)(F)F)cc1N. The summed E-state index contributed by atoms with van der Waals surface area (Å²) in [5, 5.41) is 2.39. The molecule has 0 heterocycles. The third-order valence-corrected chi connectivity index (χ3v) is 2.92. The van der Waals surface area contributed by atoms with Crippen LogP contribution in [-0.4, -0.2) is 12.1 Å². The van der Waals surface area contributed by atoms with Crippen LogP contribution >= 0.6 is 15.9 Å². The van der Waals surface area contributed by atoms with Crippen molar-refractivity contribution in [1.82, 2.24) is 0 Å². The van der Waals surface area contributed by atoms with Crippen LogP contribution in [0.1, 0.15) is 18.4 Å². The zero-order chi connectivity index (χ0) is 13.9. The number of nitrogens with two attached hydrogens (primary N) is 1. The average Bonchev–Trinajstić information content (AvgIpc) is 2.22. The summed E-state index contributed by atoms with van der Waals surface area (Å²) in [6.07, 6.45) is -6.08. The van der Waals surface area contributed by atoms with Crippen molar-refractivity contribution in [3.8, 4) is 0 Å². The molecule has 1 aromatic rings. The van der Waals surface area contributed by atoms with Crippen molar-refractivity contribution < 1.29 is 18.0 Å². The fourth-order valence-electron chi connectivity index (χ4n) is 1.25. The second kappa shape index (κ2) is 5.60. The summed E-state index contributed by atoms with van der Waals surface area (Å²) in [5.74, 6) is -0.698. The summed E-state index contributed by atoms with van der Waals surface area (Å²) < 4.78 is 36.4. The van der Waals surface area contributed by atoms with Crippen LogP contribution in [0.4, 0.5) is 24.5 Å². The fraction of sp³-hybridized carbons (Fsp3) is 0.364. The minimum atomic E-state index is -4.33. The van der Waals surface area contributed by atoms with Gasteiger partial charge in [0.25, 0.3) is 0 Å². The number of hydrogen-bond acceptors (Lipinski definition) is 2. The number of hydrogen-bond donors (Lipinski definition) is 2. The largest absolute Gasteiger partial charge is 0.398 e. The van der Waals surface area contributed by atoms with E-state index in [9.17, 15) is 18.0 Å². The van der Waals surface area contributed by atoms with Crippen LogP contribution in [-0.2, 0) is 4.79 Å². The first-order chi connectivity index (χ1) is 8.19. The van der Waals surface area contributed by atoms with Crippen molar-refractivity contribution in [3.05, 3.63) is 22.2 Å². The molecular weight excluding hydrogens is 313 g/mol. The number of rotatable bonds is 3. The van der Waals surface area contributed by atoms with Crippen molar-refractivity contribution >= 4 is 33.2 Å². The number of nitrogens with one attached hydrogen (secondary N) is 1. The lowest BCUT2D eigenvalue weighted by Gasteiger charge is -2.11. The highest BCUT2D eigenvalue weighted by Gasteiger charge is 2.27. The van der Waals surface area contributed by atoms with Crippen molar-refractivity contribution in [2.24, 2.45) is 0 Å². The molecule has 1 amide bonds. The molecule has 0 aromatic heterocycles. The second-order valence-electron chi connectivity index (χ2n) is 3.85. The zero-order valence-corrected chi connectivity index (χ0v) is 11.2. The Hall–Kier alpha value is -1.24. The summed E-state index contributed by atoms with van der Waals surface area (Å²) in [5.41, 5.74) is 7.30. The van der Waals surface area contributed by atoms with Crippen LogP contribution in [0.3, 0.4) is 0 Å². The van der Waals surface area contributed by atoms with Gasteiger partial charge in [-0.3, -0.25) is 4.79 Å². The van der Waals surface area contributed by atoms with Crippen LogP contribution in [0.25, 0.3) is 0 Å². The minimum absolute atomic E-state index is 0.366. The maximum atomic E-state index is 11.9. The first-order valence-electron chi connectivity index (χ1n) is 5.11. The summed E-state index contributed by atoms with van der Waals surface area (Å²) in [6.45, 7) is 1.79. The van der Waals surface area contributed by atoms with E-state index in [0.29, 0.717) is 15.8 Å². The van der Waals surface area contributed by atoms with Crippen molar-refractivity contribution in [1.29, 1.82) is 0 Å². The standard InChI is InChI=1S/C11H12BrF3N2O/c1-6-4-7(12)9(5-8(6)16)17-10(18)2-3-11(13,14)15/h4-5H,2-3,16H2,1H3,(H,17,18). The Labute approximate surface area is 111 Å². The van der Waals surface area contributed by atoms with Gasteiger partial charge in [-0.2, -0.15) is 13.2 Å². The van der Waals surface area contributed by atoms with Gasteiger partial charge < -0.3 is 11.1 Å². The first kappa shape index (κ1) is 14.8. The Morgan fingerprint density at radius 1 is 1.44 bits per heavy atom. The molecule has 1 rings (SSSR count). The van der Waals surface area contributed by atoms with Gasteiger partial charge in [0, 0.05) is 16.6 Å². The van der Waals surface area contributed by atoms with E-state index in [0.717, 1.165) is 5.56 Å². The highest BCUT2D eigenvalue weighted by atomic mass is 79.9. The molecule has 0 saturated heterocycles. The smallest absolute Gasteiger partial charge is 0.389 e. The van der Waals surface area contributed by atoms with Crippen molar-refractivity contribution in [2.45, 2.75) is 25.9 Å². The Bertz CT molecular complexity index is 460. The topological polar surface area (TPSA) is 55.1 Å². The quantitative estimate of drug-likeness (QED) is 0.834. The molecule has 3 N–H and O–H groups in total. The normalized spacial score (nSPS) is 11.4. The molecule has 0 unspecified atom stereocenters. The molecule has 0 bridgehead atoms. The molecule has 7 heteroatoms. The predicted octanol–water partition coefficient (Wildman–Crippen LogP) is 3.62. The molecule has 1 aromatic carbocycles. The van der Waals surface area contributed by atoms with Gasteiger partial charge in [0.15, 0.2) is 0 Å². The summed E-state index contributed by atoms with van der Waals surface area (Å²) in [4.78, 5) is 11.3. The maximum absolute atomic E-state index is 11.9. The third-order valence-electron chi connectivity index (χ3n) is 2.27. The predicted molar refractivity (Wildman–Crippen MR) is 67.2 cm³/mol. The lowest BCUT2D eigenvalue weighted by Crippen LogP contribution is -2.17. The molecule has 0 aliphatic rings. The number of nitrogen functional groups attached to an aromatic ring is 1. The number of amides is 1. The molecule has 0 atom stereocenters. The molecule has 0 radical (unpaired) electrons. The Kier molecular flexibility index (Phi) is 4.61. The Balaban J connectivity index is 2.68. The van der Waals surface area contributed by atoms with Gasteiger partial charge in [0.1, 0.15) is 0 Å². The minimum Gasteiger partial charge on any atom is -0.398 e. The average molecular weight is 325 g/mol. The van der Waals surface area contributed by atoms with Gasteiger partial charge in [-0.1, -0.05) is 0 Å². The molecule has 18 heavy (non-hydrogen) atoms. The van der Waals surface area contributed by atoms with Crippen molar-refractivity contribution in [2.75, 3.05) is 11.1 Å². The Morgan fingerprint density at radius 2 is 2.06 bits per heavy atom. The van der Waals surface area contributed by atoms with Crippen LogP contribution in [0, 0.1) is 6.92 Å². The molecular formula is C11H12BrF3N2O. The van der Waals surface area contributed by atoms with Crippen LogP contribution in [0.2, 0.25) is 0 Å². The van der Waals surface area contributed by atoms with Gasteiger partial charge in [0.05, 0.1) is 12.1 Å². The van der Waals surface area contributed by atoms with E-state index in [4.69, 9.17) is 5.73 Å². The monoisotopic (exact) mass is 324 g/mol. The lowest BCUT2D eigenvalue weighted by atomic mass is 10.2. The Morgan fingerprint density at radius 3 is 2.61 bits per heavy atom. The number of carbonyl (C=O) groups excluding carboxylic acids is 1. The summed E-state index contributed by atoms with van der Waals surface area (Å²) in [7, 11) is 0. The number of carbonyl (C=O) groups is 1. The van der Waals surface area contributed by atoms with E-state index in [1.165, 1.54) is 6.07 Å². The summed E-state index contributed by atoms with van der Waals surface area (Å²) in [6, 6.07) is 3.19. The lowest BCUT2D eigenvalue weighted by molar-refractivity contribution is -0.142. The van der Waals surface area contributed by atoms with E-state index < -0.39 is 24.9 Å². The maximum Gasteiger partial charge on any atom is 0.389 e. The molecule has 100 valence electrons. The van der Waals surface area contributed by atoms with Gasteiger partial charge in [-0.25, -0.2) is 0 Å². The van der Waals surface area contributed by atoms with E-state index >= 15 is 0 Å². The summed E-state index contributed by atoms with van der Waals surface area (Å²) >= 11 is 3.21. The third kappa shape index (κ3) is 4.56. The van der Waals surface area contributed by atoms with Crippen LogP contribution in [0.15, 0.2) is 16.6 Å². The second-order valence-corrected chi connectivity index (χ2v) is 4.71. The fourth-order valence-corrected chi connectivity index (χ4v) is 1.81. The highest BCUT2D eigenvalue weighted by molar-refractivity contribution is 9.10. The number of benzene rings is 1. The van der Waals surface area contributed by atoms with Gasteiger partial charge in [0.2, 0.25) is 5.91 Å². The number of alkyl halides is 3. The van der Waals surface area contributed by atoms with Gasteiger partial charge in [-0.15, -0.1) is 0 Å². The number of aryl methyl sites for hydroxylation is 1.